The molecule has 0 heterocycles. The first kappa shape index (κ1) is 30.2. The average Bonchev–Trinajstić information content (AvgIpc) is 3.28. The summed E-state index contributed by atoms with van der Waals surface area (Å²) in [7, 11) is 0. The summed E-state index contributed by atoms with van der Waals surface area (Å²) in [6, 6.07) is 7.20. The summed E-state index contributed by atoms with van der Waals surface area (Å²) in [4.78, 5) is 14.3. The maximum Gasteiger partial charge on any atom is 0.159 e. The number of ketones is 1. The fraction of sp³-hybridized carbons (Fsp3) is 0.718. The van der Waals surface area contributed by atoms with Gasteiger partial charge in [0.05, 0.1) is 6.10 Å². The van der Waals surface area contributed by atoms with Crippen molar-refractivity contribution in [3.8, 4) is 5.75 Å². The number of aliphatic hydroxyl groups is 1. The zero-order chi connectivity index (χ0) is 30.5. The van der Waals surface area contributed by atoms with E-state index < -0.39 is 6.10 Å². The molecule has 5 aliphatic carbocycles. The molecule has 0 radical (unpaired) electrons. The third-order valence-electron chi connectivity index (χ3n) is 15.3. The number of hydrogen-bond donors (Lipinski definition) is 2. The van der Waals surface area contributed by atoms with E-state index in [1.54, 1.807) is 24.3 Å². The van der Waals surface area contributed by atoms with Crippen LogP contribution in [0.2, 0.25) is 0 Å². The summed E-state index contributed by atoms with van der Waals surface area (Å²) in [5, 5.41) is 21.9. The molecule has 1 aromatic carbocycles. The van der Waals surface area contributed by atoms with E-state index in [0.29, 0.717) is 41.1 Å². The van der Waals surface area contributed by atoms with Crippen molar-refractivity contribution >= 4 is 11.9 Å². The Hall–Kier alpha value is -1.87. The minimum absolute atomic E-state index is 0.117. The lowest BCUT2D eigenvalue weighted by molar-refractivity contribution is -0.259. The van der Waals surface area contributed by atoms with E-state index in [4.69, 9.17) is 0 Å². The summed E-state index contributed by atoms with van der Waals surface area (Å²) in [6.07, 6.45) is 13.5. The largest absolute Gasteiger partial charge is 0.507 e. The summed E-state index contributed by atoms with van der Waals surface area (Å²) in [5.74, 6) is 2.90. The standard InChI is InChI=1S/C39H56O3/c1-24(2)26-17-19-36(5)21-22-37(6)27(34(26)36)14-16-32-38(37,7)20-18-31-35(3,4)33(42)23-28(39(31,32)8)30(41)15-13-25-11-9-10-12-29(25)40/h9-13,15,26-28,31-34,40,42H,1,14,16-23H2,2-8H3/b15-13+/t26-,27+,28?,31-,32-,33-,34+,36+,37+,38+,39-/m0/s1. The van der Waals surface area contributed by atoms with Crippen molar-refractivity contribution < 1.29 is 15.0 Å². The second-order valence-corrected chi connectivity index (χ2v) is 17.1. The molecule has 0 aromatic heterocycles. The number of allylic oxidation sites excluding steroid dienone is 2. The summed E-state index contributed by atoms with van der Waals surface area (Å²) < 4.78 is 0. The summed E-state index contributed by atoms with van der Waals surface area (Å²) >= 11 is 0. The smallest absolute Gasteiger partial charge is 0.159 e. The lowest BCUT2D eigenvalue weighted by atomic mass is 9.31. The quantitative estimate of drug-likeness (QED) is 0.279. The van der Waals surface area contributed by atoms with E-state index >= 15 is 0 Å². The zero-order valence-corrected chi connectivity index (χ0v) is 27.4. The highest BCUT2D eigenvalue weighted by atomic mass is 16.3. The molecular formula is C39H56O3. The molecule has 3 heteroatoms. The normalized spacial score (nSPS) is 47.7. The Kier molecular flexibility index (Phi) is 7.05. The van der Waals surface area contributed by atoms with Crippen molar-refractivity contribution in [1.82, 2.24) is 0 Å². The van der Waals surface area contributed by atoms with Crippen molar-refractivity contribution in [1.29, 1.82) is 0 Å². The number of aliphatic hydroxyl groups excluding tert-OH is 1. The number of phenols is 1. The van der Waals surface area contributed by atoms with Crippen LogP contribution >= 0.6 is 0 Å². The molecule has 0 spiro atoms. The van der Waals surface area contributed by atoms with Crippen LogP contribution in [0.4, 0.5) is 0 Å². The minimum atomic E-state index is -0.496. The van der Waals surface area contributed by atoms with Crippen molar-refractivity contribution in [3.63, 3.8) is 0 Å². The Bertz CT molecular complexity index is 1290. The second-order valence-electron chi connectivity index (χ2n) is 17.1. The predicted octanol–water partition coefficient (Wildman–Crippen LogP) is 9.24. The van der Waals surface area contributed by atoms with Gasteiger partial charge in [0.25, 0.3) is 0 Å². The number of carbonyl (C=O) groups is 1. The molecule has 0 aliphatic heterocycles. The van der Waals surface area contributed by atoms with Crippen LogP contribution in [0.1, 0.15) is 112 Å². The van der Waals surface area contributed by atoms with Gasteiger partial charge < -0.3 is 10.2 Å². The number of fused-ring (bicyclic) bond motifs is 7. The van der Waals surface area contributed by atoms with E-state index in [1.165, 1.54) is 50.5 Å². The Labute approximate surface area is 255 Å². The monoisotopic (exact) mass is 572 g/mol. The van der Waals surface area contributed by atoms with Gasteiger partial charge in [0.2, 0.25) is 0 Å². The second kappa shape index (κ2) is 9.82. The molecular weight excluding hydrogens is 516 g/mol. The van der Waals surface area contributed by atoms with E-state index in [0.717, 1.165) is 12.3 Å². The molecule has 42 heavy (non-hydrogen) atoms. The third-order valence-corrected chi connectivity index (χ3v) is 15.3. The molecule has 230 valence electrons. The molecule has 0 bridgehead atoms. The van der Waals surface area contributed by atoms with Crippen molar-refractivity contribution in [3.05, 3.63) is 48.1 Å². The number of hydrogen-bond acceptors (Lipinski definition) is 3. The molecule has 0 amide bonds. The van der Waals surface area contributed by atoms with Crippen LogP contribution in [0.25, 0.3) is 6.08 Å². The molecule has 5 fully saturated rings. The fourth-order valence-electron chi connectivity index (χ4n) is 12.8. The molecule has 0 saturated heterocycles. The SMILES string of the molecule is C=C(C)[C@@H]1CC[C@]2(C)CC[C@]3(C)[C@H](CC[C@@H]4[C@@]5(C)C(C(=O)/C=C/c6ccccc6O)C[C@H](O)C(C)(C)[C@@H]5CC[C@]43C)[C@@H]12. The van der Waals surface area contributed by atoms with Crippen LogP contribution in [0.15, 0.2) is 42.5 Å². The van der Waals surface area contributed by atoms with Gasteiger partial charge in [-0.1, -0.05) is 71.9 Å². The van der Waals surface area contributed by atoms with Crippen molar-refractivity contribution in [2.75, 3.05) is 0 Å². The Morgan fingerprint density at radius 3 is 2.31 bits per heavy atom. The topological polar surface area (TPSA) is 57.5 Å². The maximum absolute atomic E-state index is 14.3. The highest BCUT2D eigenvalue weighted by Crippen LogP contribution is 2.78. The number of phenolic OH excluding ortho intramolecular Hbond substituents is 1. The predicted molar refractivity (Wildman–Crippen MR) is 172 cm³/mol. The molecule has 11 atom stereocenters. The Morgan fingerprint density at radius 2 is 1.62 bits per heavy atom. The number of para-hydroxylation sites is 1. The maximum atomic E-state index is 14.3. The van der Waals surface area contributed by atoms with Gasteiger partial charge in [0.15, 0.2) is 5.78 Å². The molecule has 1 unspecified atom stereocenters. The number of rotatable bonds is 4. The van der Waals surface area contributed by atoms with Gasteiger partial charge in [-0.3, -0.25) is 4.79 Å². The molecule has 3 nitrogen and oxygen atoms in total. The van der Waals surface area contributed by atoms with Gasteiger partial charge in [0.1, 0.15) is 5.75 Å². The van der Waals surface area contributed by atoms with Crippen LogP contribution < -0.4 is 0 Å². The Balaban J connectivity index is 1.40. The number of benzene rings is 1. The van der Waals surface area contributed by atoms with E-state index in [9.17, 15) is 15.0 Å². The highest BCUT2D eigenvalue weighted by molar-refractivity contribution is 5.96. The minimum Gasteiger partial charge on any atom is -0.507 e. The van der Waals surface area contributed by atoms with Crippen LogP contribution in [0, 0.1) is 62.6 Å². The van der Waals surface area contributed by atoms with E-state index in [2.05, 4.69) is 55.0 Å². The van der Waals surface area contributed by atoms with Gasteiger partial charge in [-0.05, 0) is 140 Å². The lowest BCUT2D eigenvalue weighted by Crippen LogP contribution is -2.69. The molecule has 2 N–H and O–H groups in total. The van der Waals surface area contributed by atoms with Gasteiger partial charge in [-0.15, -0.1) is 0 Å². The molecule has 1 aromatic rings. The van der Waals surface area contributed by atoms with Crippen molar-refractivity contribution in [2.24, 2.45) is 62.6 Å². The highest BCUT2D eigenvalue weighted by Gasteiger charge is 2.72. The number of carbonyl (C=O) groups excluding carboxylic acids is 1. The lowest BCUT2D eigenvalue weighted by Gasteiger charge is -2.73. The summed E-state index contributed by atoms with van der Waals surface area (Å²) in [5.41, 5.74) is 2.47. The van der Waals surface area contributed by atoms with Crippen LogP contribution in [0.5, 0.6) is 5.75 Å². The first-order valence-corrected chi connectivity index (χ1v) is 16.9. The summed E-state index contributed by atoms with van der Waals surface area (Å²) in [6.45, 7) is 21.6. The van der Waals surface area contributed by atoms with Crippen LogP contribution in [-0.2, 0) is 4.79 Å². The van der Waals surface area contributed by atoms with Crippen LogP contribution in [-0.4, -0.2) is 22.1 Å². The molecule has 5 saturated carbocycles. The van der Waals surface area contributed by atoms with E-state index in [-0.39, 0.29) is 39.1 Å². The van der Waals surface area contributed by atoms with Crippen LogP contribution in [0.3, 0.4) is 0 Å². The van der Waals surface area contributed by atoms with Gasteiger partial charge in [0, 0.05) is 11.5 Å². The van der Waals surface area contributed by atoms with Gasteiger partial charge in [-0.25, -0.2) is 0 Å². The van der Waals surface area contributed by atoms with Gasteiger partial charge in [-0.2, -0.15) is 0 Å². The van der Waals surface area contributed by atoms with E-state index in [1.807, 2.05) is 12.1 Å². The Morgan fingerprint density at radius 1 is 0.905 bits per heavy atom. The first-order valence-electron chi connectivity index (χ1n) is 16.9. The molecule has 5 aliphatic rings. The zero-order valence-electron chi connectivity index (χ0n) is 27.4. The average molecular weight is 573 g/mol. The van der Waals surface area contributed by atoms with Crippen molar-refractivity contribution in [2.45, 2.75) is 112 Å². The first-order chi connectivity index (χ1) is 19.6. The fourth-order valence-corrected chi connectivity index (χ4v) is 12.8. The molecule has 6 rings (SSSR count). The number of aromatic hydroxyl groups is 1. The van der Waals surface area contributed by atoms with Gasteiger partial charge >= 0.3 is 0 Å². The third kappa shape index (κ3) is 3.97.